The maximum atomic E-state index is 13.8. The first-order valence-corrected chi connectivity index (χ1v) is 12.8. The van der Waals surface area contributed by atoms with E-state index in [9.17, 15) is 4.79 Å². The molecule has 0 saturated heterocycles. The minimum atomic E-state index is 0.0336. The molecule has 31 heavy (non-hydrogen) atoms. The number of rotatable bonds is 5. The van der Waals surface area contributed by atoms with E-state index in [1.54, 1.807) is 34.8 Å². The lowest BCUT2D eigenvalue weighted by Crippen LogP contribution is -2.22. The van der Waals surface area contributed by atoms with E-state index in [2.05, 4.69) is 28.1 Å². The number of nitrogens with zero attached hydrogens (tertiary/aromatic N) is 2. The molecule has 0 spiro atoms. The van der Waals surface area contributed by atoms with E-state index in [-0.39, 0.29) is 5.56 Å². The number of benzene rings is 2. The minimum absolute atomic E-state index is 0.0336. The van der Waals surface area contributed by atoms with E-state index >= 15 is 0 Å². The summed E-state index contributed by atoms with van der Waals surface area (Å²) in [4.78, 5) is 21.0. The van der Waals surface area contributed by atoms with E-state index < -0.39 is 0 Å². The van der Waals surface area contributed by atoms with E-state index in [1.165, 1.54) is 22.4 Å². The Kier molecular flexibility index (Phi) is 5.91. The number of ether oxygens (including phenoxy) is 1. The molecule has 4 nitrogen and oxygen atoms in total. The molecular weight excluding hydrogens is 492 g/mol. The molecule has 2 heterocycles. The number of halogens is 1. The number of thioether (sulfide) groups is 1. The summed E-state index contributed by atoms with van der Waals surface area (Å²) < 4.78 is 8.12. The van der Waals surface area contributed by atoms with Gasteiger partial charge in [0, 0.05) is 15.1 Å². The molecule has 0 atom stereocenters. The van der Waals surface area contributed by atoms with Crippen molar-refractivity contribution in [2.75, 3.05) is 7.11 Å². The van der Waals surface area contributed by atoms with Crippen LogP contribution in [0.3, 0.4) is 0 Å². The molecule has 1 aliphatic carbocycles. The Hall–Kier alpha value is -2.09. The van der Waals surface area contributed by atoms with Gasteiger partial charge >= 0.3 is 0 Å². The number of hydrogen-bond acceptors (Lipinski definition) is 5. The SMILES string of the molecule is COc1ccc(-n2c(SCc3cccc(Br)c3)nc3sc4c(c3c2=O)CCCC4)cc1. The number of aryl methyl sites for hydroxylation is 2. The highest BCUT2D eigenvalue weighted by Gasteiger charge is 2.23. The average molecular weight is 513 g/mol. The minimum Gasteiger partial charge on any atom is -0.497 e. The van der Waals surface area contributed by atoms with E-state index in [1.807, 2.05) is 36.4 Å². The van der Waals surface area contributed by atoms with Gasteiger partial charge in [-0.15, -0.1) is 11.3 Å². The first-order chi connectivity index (χ1) is 15.1. The Morgan fingerprint density at radius 3 is 2.74 bits per heavy atom. The predicted molar refractivity (Wildman–Crippen MR) is 132 cm³/mol. The molecule has 0 fully saturated rings. The van der Waals surface area contributed by atoms with Gasteiger partial charge in [-0.25, -0.2) is 4.98 Å². The summed E-state index contributed by atoms with van der Waals surface area (Å²) in [6.07, 6.45) is 4.36. The van der Waals surface area contributed by atoms with E-state index in [0.29, 0.717) is 0 Å². The summed E-state index contributed by atoms with van der Waals surface area (Å²) in [5.41, 5.74) is 3.24. The average Bonchev–Trinajstić information content (AvgIpc) is 3.17. The molecule has 0 aliphatic heterocycles. The lowest BCUT2D eigenvalue weighted by molar-refractivity contribution is 0.414. The topological polar surface area (TPSA) is 44.1 Å². The molecule has 2 aromatic carbocycles. The molecule has 0 bridgehead atoms. The van der Waals surface area contributed by atoms with Crippen molar-refractivity contribution in [3.8, 4) is 11.4 Å². The first-order valence-electron chi connectivity index (χ1n) is 10.2. The molecule has 0 amide bonds. The highest BCUT2D eigenvalue weighted by molar-refractivity contribution is 9.10. The third kappa shape index (κ3) is 4.06. The van der Waals surface area contributed by atoms with Crippen LogP contribution in [0.5, 0.6) is 5.75 Å². The third-order valence-corrected chi connectivity index (χ3v) is 8.23. The highest BCUT2D eigenvalue weighted by atomic mass is 79.9. The highest BCUT2D eigenvalue weighted by Crippen LogP contribution is 2.36. The van der Waals surface area contributed by atoms with Crippen LogP contribution in [-0.2, 0) is 18.6 Å². The standard InChI is InChI=1S/C24H21BrN2O2S2/c1-29-18-11-9-17(10-12-18)27-23(28)21-19-7-2-3-8-20(19)31-22(21)26-24(27)30-14-15-5-4-6-16(25)13-15/h4-6,9-13H,2-3,7-8,14H2,1H3. The van der Waals surface area contributed by atoms with Crippen LogP contribution in [0.2, 0.25) is 0 Å². The van der Waals surface area contributed by atoms with Crippen LogP contribution < -0.4 is 10.3 Å². The van der Waals surface area contributed by atoms with Crippen LogP contribution in [0.15, 0.2) is 63.0 Å². The molecule has 0 saturated carbocycles. The Bertz CT molecular complexity index is 1310. The maximum Gasteiger partial charge on any atom is 0.267 e. The summed E-state index contributed by atoms with van der Waals surface area (Å²) in [6.45, 7) is 0. The Morgan fingerprint density at radius 2 is 1.97 bits per heavy atom. The largest absolute Gasteiger partial charge is 0.497 e. The Morgan fingerprint density at radius 1 is 1.16 bits per heavy atom. The molecule has 0 radical (unpaired) electrons. The summed E-state index contributed by atoms with van der Waals surface area (Å²) >= 11 is 6.83. The molecule has 158 valence electrons. The zero-order chi connectivity index (χ0) is 21.4. The van der Waals surface area contributed by atoms with Crippen LogP contribution >= 0.6 is 39.0 Å². The van der Waals surface area contributed by atoms with Crippen LogP contribution in [0, 0.1) is 0 Å². The van der Waals surface area contributed by atoms with Crippen molar-refractivity contribution < 1.29 is 4.74 Å². The smallest absolute Gasteiger partial charge is 0.267 e. The molecule has 0 N–H and O–H groups in total. The van der Waals surface area contributed by atoms with E-state index in [0.717, 1.165) is 56.3 Å². The van der Waals surface area contributed by atoms with Crippen molar-refractivity contribution in [2.24, 2.45) is 0 Å². The fourth-order valence-corrected chi connectivity index (χ4v) is 6.72. The van der Waals surface area contributed by atoms with Crippen molar-refractivity contribution in [1.82, 2.24) is 9.55 Å². The van der Waals surface area contributed by atoms with E-state index in [4.69, 9.17) is 9.72 Å². The van der Waals surface area contributed by atoms with Gasteiger partial charge in [0.15, 0.2) is 5.16 Å². The Labute approximate surface area is 197 Å². The van der Waals surface area contributed by atoms with Gasteiger partial charge < -0.3 is 4.74 Å². The predicted octanol–water partition coefficient (Wildman–Crippen LogP) is 6.39. The summed E-state index contributed by atoms with van der Waals surface area (Å²) in [7, 11) is 1.64. The zero-order valence-corrected chi connectivity index (χ0v) is 20.3. The maximum absolute atomic E-state index is 13.8. The van der Waals surface area contributed by atoms with Gasteiger partial charge in [-0.1, -0.05) is 39.8 Å². The summed E-state index contributed by atoms with van der Waals surface area (Å²) in [6, 6.07) is 15.9. The molecule has 4 aromatic rings. The van der Waals surface area contributed by atoms with Crippen LogP contribution in [0.4, 0.5) is 0 Å². The lowest BCUT2D eigenvalue weighted by Gasteiger charge is -2.14. The number of fused-ring (bicyclic) bond motifs is 3. The zero-order valence-electron chi connectivity index (χ0n) is 17.1. The summed E-state index contributed by atoms with van der Waals surface area (Å²) in [5, 5.41) is 1.53. The van der Waals surface area contributed by atoms with Gasteiger partial charge in [-0.3, -0.25) is 9.36 Å². The number of hydrogen-bond donors (Lipinski definition) is 0. The van der Waals surface area contributed by atoms with Crippen molar-refractivity contribution >= 4 is 49.2 Å². The third-order valence-electron chi connectivity index (χ3n) is 5.55. The van der Waals surface area contributed by atoms with Crippen LogP contribution in [-0.4, -0.2) is 16.7 Å². The number of methoxy groups -OCH3 is 1. The second-order valence-electron chi connectivity index (χ2n) is 7.54. The van der Waals surface area contributed by atoms with Crippen molar-refractivity contribution in [1.29, 1.82) is 0 Å². The van der Waals surface area contributed by atoms with Crippen LogP contribution in [0.25, 0.3) is 15.9 Å². The van der Waals surface area contributed by atoms with Gasteiger partial charge in [0.25, 0.3) is 5.56 Å². The fourth-order valence-electron chi connectivity index (χ4n) is 4.02. The van der Waals surface area contributed by atoms with Gasteiger partial charge in [-0.05, 0) is 73.2 Å². The normalized spacial score (nSPS) is 13.4. The first kappa shape index (κ1) is 20.8. The van der Waals surface area contributed by atoms with Gasteiger partial charge in [0.05, 0.1) is 18.2 Å². The monoisotopic (exact) mass is 512 g/mol. The molecule has 7 heteroatoms. The fraction of sp³-hybridized carbons (Fsp3) is 0.250. The summed E-state index contributed by atoms with van der Waals surface area (Å²) in [5.74, 6) is 1.50. The van der Waals surface area contributed by atoms with Gasteiger partial charge in [0.2, 0.25) is 0 Å². The molecular formula is C24H21BrN2O2S2. The molecule has 1 aliphatic rings. The lowest BCUT2D eigenvalue weighted by atomic mass is 9.97. The van der Waals surface area contributed by atoms with Crippen molar-refractivity contribution in [3.05, 3.63) is 79.4 Å². The second-order valence-corrected chi connectivity index (χ2v) is 10.5. The van der Waals surface area contributed by atoms with Gasteiger partial charge in [0.1, 0.15) is 10.6 Å². The van der Waals surface area contributed by atoms with Crippen molar-refractivity contribution in [2.45, 2.75) is 36.6 Å². The quantitative estimate of drug-likeness (QED) is 0.229. The number of thiophene rings is 1. The van der Waals surface area contributed by atoms with Crippen LogP contribution in [0.1, 0.15) is 28.8 Å². The Balaban J connectivity index is 1.65. The van der Waals surface area contributed by atoms with Crippen molar-refractivity contribution in [3.63, 3.8) is 0 Å². The number of aromatic nitrogens is 2. The molecule has 0 unspecified atom stereocenters. The van der Waals surface area contributed by atoms with Gasteiger partial charge in [-0.2, -0.15) is 0 Å². The second kappa shape index (κ2) is 8.81. The molecule has 2 aromatic heterocycles. The molecule has 5 rings (SSSR count).